The fourth-order valence-corrected chi connectivity index (χ4v) is 2.57. The van der Waals surface area contributed by atoms with E-state index >= 15 is 0 Å². The number of nitrogens with zero attached hydrogens (tertiary/aromatic N) is 5. The summed E-state index contributed by atoms with van der Waals surface area (Å²) in [4.78, 5) is 8.02. The van der Waals surface area contributed by atoms with Crippen molar-refractivity contribution in [1.82, 2.24) is 20.1 Å². The predicted molar refractivity (Wildman–Crippen MR) is 81.8 cm³/mol. The summed E-state index contributed by atoms with van der Waals surface area (Å²) in [5.41, 5.74) is 5.65. The number of anilines is 2. The van der Waals surface area contributed by atoms with Crippen LogP contribution in [0.25, 0.3) is 0 Å². The summed E-state index contributed by atoms with van der Waals surface area (Å²) in [6.45, 7) is 2.56. The summed E-state index contributed by atoms with van der Waals surface area (Å²) in [6, 6.07) is -0.203. The van der Waals surface area contributed by atoms with E-state index in [1.54, 1.807) is 7.11 Å². The van der Waals surface area contributed by atoms with Gasteiger partial charge in [0.05, 0.1) is 25.4 Å². The number of β-amino-alcohol motifs (C(OH)–C–C–N with tert-alkyl or cyclic N) is 1. The van der Waals surface area contributed by atoms with Crippen LogP contribution in [0.3, 0.4) is 0 Å². The molecule has 0 aromatic carbocycles. The Balaban J connectivity index is 2.02. The van der Waals surface area contributed by atoms with Crippen molar-refractivity contribution in [3.63, 3.8) is 0 Å². The summed E-state index contributed by atoms with van der Waals surface area (Å²) in [5, 5.41) is 27.2. The van der Waals surface area contributed by atoms with Crippen molar-refractivity contribution in [2.24, 2.45) is 0 Å². The molecule has 1 aliphatic rings. The lowest BCUT2D eigenvalue weighted by Crippen LogP contribution is -2.56. The normalized spacial score (nSPS) is 21.1. The molecule has 4 N–H and O–H groups in total. The molecule has 1 aromatic rings. The van der Waals surface area contributed by atoms with E-state index in [1.165, 1.54) is 0 Å². The quantitative estimate of drug-likeness (QED) is 0.577. The van der Waals surface area contributed by atoms with E-state index in [4.69, 9.17) is 22.1 Å². The highest BCUT2D eigenvalue weighted by atomic mass is 35.5. The largest absolute Gasteiger partial charge is 0.394 e. The molecule has 1 saturated heterocycles. The van der Waals surface area contributed by atoms with Crippen LogP contribution in [-0.4, -0.2) is 88.9 Å². The highest BCUT2D eigenvalue weighted by Crippen LogP contribution is 2.19. The lowest BCUT2D eigenvalue weighted by Gasteiger charge is -2.41. The standard InChI is InChI=1S/C12H21ClN6O3/c1-22-7-9(21)5-18-2-3-19(8(4-18)6-20)12-15-11(14)10(13)16-17-12/h8-9,20-21H,2-7H2,1H3,(H2,14,15,17)/t8-,9-/m0/s1. The summed E-state index contributed by atoms with van der Waals surface area (Å²) >= 11 is 5.72. The Labute approximate surface area is 133 Å². The zero-order valence-electron chi connectivity index (χ0n) is 12.4. The summed E-state index contributed by atoms with van der Waals surface area (Å²) in [7, 11) is 1.55. The molecule has 0 spiro atoms. The van der Waals surface area contributed by atoms with Gasteiger partial charge in [0.1, 0.15) is 0 Å². The van der Waals surface area contributed by atoms with E-state index in [0.717, 1.165) is 0 Å². The number of ether oxygens (including phenoxy) is 1. The number of piperazine rings is 1. The summed E-state index contributed by atoms with van der Waals surface area (Å²) in [6.07, 6.45) is -0.556. The average molecular weight is 333 g/mol. The van der Waals surface area contributed by atoms with Crippen LogP contribution >= 0.6 is 11.6 Å². The monoisotopic (exact) mass is 332 g/mol. The number of aliphatic hydroxyl groups is 2. The minimum Gasteiger partial charge on any atom is -0.394 e. The molecule has 0 saturated carbocycles. The van der Waals surface area contributed by atoms with Gasteiger partial charge in [-0.25, -0.2) is 0 Å². The van der Waals surface area contributed by atoms with Crippen LogP contribution < -0.4 is 10.6 Å². The maximum atomic E-state index is 9.80. The lowest BCUT2D eigenvalue weighted by atomic mass is 10.1. The zero-order valence-corrected chi connectivity index (χ0v) is 13.1. The van der Waals surface area contributed by atoms with Crippen LogP contribution in [0.4, 0.5) is 11.8 Å². The third-order valence-electron chi connectivity index (χ3n) is 3.52. The number of nitrogen functional groups attached to an aromatic ring is 1. The van der Waals surface area contributed by atoms with E-state index < -0.39 is 6.10 Å². The maximum Gasteiger partial charge on any atom is 0.247 e. The fraction of sp³-hybridized carbons (Fsp3) is 0.750. The molecule has 1 fully saturated rings. The summed E-state index contributed by atoms with van der Waals surface area (Å²) < 4.78 is 4.92. The smallest absolute Gasteiger partial charge is 0.247 e. The van der Waals surface area contributed by atoms with Crippen molar-refractivity contribution in [3.05, 3.63) is 5.15 Å². The Morgan fingerprint density at radius 3 is 2.86 bits per heavy atom. The van der Waals surface area contributed by atoms with Gasteiger partial charge in [-0.3, -0.25) is 4.90 Å². The van der Waals surface area contributed by atoms with Crippen LogP contribution in [0.5, 0.6) is 0 Å². The second kappa shape index (κ2) is 7.84. The first-order valence-corrected chi connectivity index (χ1v) is 7.35. The van der Waals surface area contributed by atoms with Gasteiger partial charge >= 0.3 is 0 Å². The van der Waals surface area contributed by atoms with E-state index in [0.29, 0.717) is 32.1 Å². The van der Waals surface area contributed by atoms with Crippen LogP contribution in [0.2, 0.25) is 5.15 Å². The minimum absolute atomic E-state index is 0.0608. The highest BCUT2D eigenvalue weighted by Gasteiger charge is 2.29. The van der Waals surface area contributed by atoms with E-state index in [2.05, 4.69) is 20.1 Å². The molecule has 124 valence electrons. The van der Waals surface area contributed by atoms with Crippen LogP contribution in [0.1, 0.15) is 0 Å². The topological polar surface area (TPSA) is 121 Å². The molecule has 1 aromatic heterocycles. The average Bonchev–Trinajstić information content (AvgIpc) is 2.50. The number of rotatable bonds is 6. The number of aliphatic hydroxyl groups excluding tert-OH is 2. The molecule has 9 nitrogen and oxygen atoms in total. The zero-order chi connectivity index (χ0) is 16.1. The third-order valence-corrected chi connectivity index (χ3v) is 3.79. The van der Waals surface area contributed by atoms with Crippen molar-refractivity contribution in [2.75, 3.05) is 57.1 Å². The van der Waals surface area contributed by atoms with Gasteiger partial charge in [-0.1, -0.05) is 11.6 Å². The lowest BCUT2D eigenvalue weighted by molar-refractivity contribution is 0.0307. The maximum absolute atomic E-state index is 9.80. The molecule has 0 amide bonds. The van der Waals surface area contributed by atoms with E-state index in [-0.39, 0.29) is 30.2 Å². The SMILES string of the molecule is COC[C@@H](O)CN1CCN(c2nnc(Cl)c(N)n2)[C@H](CO)C1. The molecule has 10 heteroatoms. The number of hydrogen-bond acceptors (Lipinski definition) is 9. The molecule has 2 atom stereocenters. The van der Waals surface area contributed by atoms with Crippen molar-refractivity contribution in [3.8, 4) is 0 Å². The molecular formula is C12H21ClN6O3. The second-order valence-electron chi connectivity index (χ2n) is 5.19. The molecule has 0 bridgehead atoms. The van der Waals surface area contributed by atoms with Gasteiger partial charge in [-0.2, -0.15) is 4.98 Å². The summed E-state index contributed by atoms with van der Waals surface area (Å²) in [5.74, 6) is 0.458. The predicted octanol–water partition coefficient (Wildman–Crippen LogP) is -1.40. The number of methoxy groups -OCH3 is 1. The molecular weight excluding hydrogens is 312 g/mol. The van der Waals surface area contributed by atoms with Gasteiger partial charge in [0, 0.05) is 33.3 Å². The third kappa shape index (κ3) is 4.14. The van der Waals surface area contributed by atoms with E-state index in [1.807, 2.05) is 4.90 Å². The Bertz CT molecular complexity index is 494. The van der Waals surface area contributed by atoms with Gasteiger partial charge in [0.2, 0.25) is 5.95 Å². The molecule has 2 heterocycles. The molecule has 0 aliphatic carbocycles. The van der Waals surface area contributed by atoms with Crippen LogP contribution in [0.15, 0.2) is 0 Å². The molecule has 0 unspecified atom stereocenters. The first kappa shape index (κ1) is 17.1. The van der Waals surface area contributed by atoms with Gasteiger partial charge in [-0.15, -0.1) is 10.2 Å². The van der Waals surface area contributed by atoms with Crippen molar-refractivity contribution in [2.45, 2.75) is 12.1 Å². The minimum atomic E-state index is -0.556. The first-order chi connectivity index (χ1) is 10.5. The Hall–Kier alpha value is -1.26. The Morgan fingerprint density at radius 1 is 1.45 bits per heavy atom. The first-order valence-electron chi connectivity index (χ1n) is 6.97. The van der Waals surface area contributed by atoms with E-state index in [9.17, 15) is 10.2 Å². The highest BCUT2D eigenvalue weighted by molar-refractivity contribution is 6.31. The molecule has 22 heavy (non-hydrogen) atoms. The Kier molecular flexibility index (Phi) is 6.09. The van der Waals surface area contributed by atoms with Crippen LogP contribution in [-0.2, 0) is 4.74 Å². The fourth-order valence-electron chi connectivity index (χ4n) is 2.49. The van der Waals surface area contributed by atoms with Gasteiger partial charge in [0.25, 0.3) is 0 Å². The molecule has 1 aliphatic heterocycles. The number of aromatic nitrogens is 3. The second-order valence-corrected chi connectivity index (χ2v) is 5.54. The Morgan fingerprint density at radius 2 is 2.23 bits per heavy atom. The van der Waals surface area contributed by atoms with Gasteiger partial charge < -0.3 is 25.6 Å². The number of halogens is 1. The van der Waals surface area contributed by atoms with Gasteiger partial charge in [-0.05, 0) is 0 Å². The van der Waals surface area contributed by atoms with Gasteiger partial charge in [0.15, 0.2) is 11.0 Å². The van der Waals surface area contributed by atoms with Crippen LogP contribution in [0, 0.1) is 0 Å². The molecule has 0 radical (unpaired) electrons. The number of nitrogens with two attached hydrogens (primary N) is 1. The van der Waals surface area contributed by atoms with Crippen molar-refractivity contribution < 1.29 is 14.9 Å². The number of hydrogen-bond donors (Lipinski definition) is 3. The van der Waals surface area contributed by atoms with Crippen molar-refractivity contribution in [1.29, 1.82) is 0 Å². The molecule has 2 rings (SSSR count). The van der Waals surface area contributed by atoms with Crippen molar-refractivity contribution >= 4 is 23.4 Å².